The summed E-state index contributed by atoms with van der Waals surface area (Å²) in [5.41, 5.74) is 3.94. The first-order chi connectivity index (χ1) is 13.1. The van der Waals surface area contributed by atoms with Crippen LogP contribution in [0.5, 0.6) is 0 Å². The van der Waals surface area contributed by atoms with Crippen LogP contribution < -0.4 is 5.01 Å². The number of para-hydroxylation sites is 1. The van der Waals surface area contributed by atoms with Gasteiger partial charge in [0.25, 0.3) is 5.69 Å². The predicted octanol–water partition coefficient (Wildman–Crippen LogP) is 5.71. The second-order valence-corrected chi connectivity index (χ2v) is 7.22. The van der Waals surface area contributed by atoms with Crippen LogP contribution in [0.15, 0.2) is 88.4 Å². The van der Waals surface area contributed by atoms with Gasteiger partial charge in [0, 0.05) is 23.0 Å². The van der Waals surface area contributed by atoms with Crippen LogP contribution in [0, 0.1) is 10.1 Å². The van der Waals surface area contributed by atoms with Crippen LogP contribution >= 0.6 is 15.9 Å². The number of hydrazone groups is 1. The molecule has 0 bridgehead atoms. The lowest BCUT2D eigenvalue weighted by Gasteiger charge is -2.23. The number of hydrogen-bond acceptors (Lipinski definition) is 4. The molecule has 3 aromatic carbocycles. The molecule has 1 aliphatic rings. The molecule has 0 fully saturated rings. The van der Waals surface area contributed by atoms with Gasteiger partial charge in [-0.15, -0.1) is 0 Å². The Hall–Kier alpha value is -2.99. The molecule has 0 aromatic heterocycles. The van der Waals surface area contributed by atoms with Gasteiger partial charge in [-0.25, -0.2) is 0 Å². The third-order valence-electron chi connectivity index (χ3n) is 4.57. The first kappa shape index (κ1) is 17.4. The van der Waals surface area contributed by atoms with Crippen LogP contribution in [-0.4, -0.2) is 10.6 Å². The molecule has 0 spiro atoms. The molecule has 4 rings (SSSR count). The van der Waals surface area contributed by atoms with Crippen molar-refractivity contribution in [3.63, 3.8) is 0 Å². The Morgan fingerprint density at radius 3 is 2.44 bits per heavy atom. The predicted molar refractivity (Wildman–Crippen MR) is 110 cm³/mol. The van der Waals surface area contributed by atoms with Crippen LogP contribution in [0.4, 0.5) is 11.4 Å². The minimum atomic E-state index is -0.359. The Labute approximate surface area is 165 Å². The fourth-order valence-electron chi connectivity index (χ4n) is 3.25. The number of halogens is 1. The molecule has 0 saturated carbocycles. The highest BCUT2D eigenvalue weighted by atomic mass is 79.9. The number of nitro benzene ring substituents is 1. The molecule has 6 heteroatoms. The van der Waals surface area contributed by atoms with E-state index >= 15 is 0 Å². The first-order valence-corrected chi connectivity index (χ1v) is 9.33. The van der Waals surface area contributed by atoms with E-state index in [4.69, 9.17) is 5.10 Å². The quantitative estimate of drug-likeness (QED) is 0.400. The van der Waals surface area contributed by atoms with Crippen molar-refractivity contribution in [2.75, 3.05) is 5.01 Å². The van der Waals surface area contributed by atoms with E-state index < -0.39 is 0 Å². The molecule has 0 saturated heterocycles. The van der Waals surface area contributed by atoms with Crippen molar-refractivity contribution in [2.24, 2.45) is 5.10 Å². The van der Waals surface area contributed by atoms with Crippen LogP contribution in [0.25, 0.3) is 0 Å². The third-order valence-corrected chi connectivity index (χ3v) is 5.10. The standard InChI is InChI=1S/C21H16BrN3O2/c22-17-11-9-15(10-12-17)20-14-21(16-5-4-8-19(13-16)25(26)27)24(23-20)18-6-2-1-3-7-18/h1-13,21H,14H2. The molecular weight excluding hydrogens is 406 g/mol. The van der Waals surface area contributed by atoms with E-state index in [2.05, 4.69) is 15.9 Å². The number of benzene rings is 3. The summed E-state index contributed by atoms with van der Waals surface area (Å²) < 4.78 is 1.01. The first-order valence-electron chi connectivity index (χ1n) is 8.54. The highest BCUT2D eigenvalue weighted by Crippen LogP contribution is 2.37. The van der Waals surface area contributed by atoms with Gasteiger partial charge >= 0.3 is 0 Å². The summed E-state index contributed by atoms with van der Waals surface area (Å²) in [6.07, 6.45) is 0.678. The van der Waals surface area contributed by atoms with Gasteiger partial charge in [-0.3, -0.25) is 15.1 Å². The molecule has 27 heavy (non-hydrogen) atoms. The molecule has 1 atom stereocenters. The third kappa shape index (κ3) is 3.61. The summed E-state index contributed by atoms with van der Waals surface area (Å²) in [7, 11) is 0. The van der Waals surface area contributed by atoms with Gasteiger partial charge in [-0.1, -0.05) is 58.4 Å². The summed E-state index contributed by atoms with van der Waals surface area (Å²) in [6.45, 7) is 0. The molecule has 1 aliphatic heterocycles. The topological polar surface area (TPSA) is 58.7 Å². The fraction of sp³-hybridized carbons (Fsp3) is 0.0952. The Bertz CT molecular complexity index is 1000. The maximum Gasteiger partial charge on any atom is 0.269 e. The molecular formula is C21H16BrN3O2. The van der Waals surface area contributed by atoms with Gasteiger partial charge in [-0.05, 0) is 35.4 Å². The highest BCUT2D eigenvalue weighted by Gasteiger charge is 2.30. The van der Waals surface area contributed by atoms with Crippen molar-refractivity contribution in [2.45, 2.75) is 12.5 Å². The SMILES string of the molecule is O=[N+]([O-])c1cccc(C2CC(c3ccc(Br)cc3)=NN2c2ccccc2)c1. The van der Waals surface area contributed by atoms with Gasteiger partial charge < -0.3 is 0 Å². The van der Waals surface area contributed by atoms with E-state index in [1.165, 1.54) is 6.07 Å². The van der Waals surface area contributed by atoms with Crippen molar-refractivity contribution in [3.8, 4) is 0 Å². The minimum Gasteiger partial charge on any atom is -0.258 e. The summed E-state index contributed by atoms with van der Waals surface area (Å²) in [5, 5.41) is 18.0. The molecule has 0 aliphatic carbocycles. The smallest absolute Gasteiger partial charge is 0.258 e. The van der Waals surface area contributed by atoms with Crippen molar-refractivity contribution in [1.29, 1.82) is 0 Å². The van der Waals surface area contributed by atoms with E-state index in [0.717, 1.165) is 27.0 Å². The zero-order valence-corrected chi connectivity index (χ0v) is 15.9. The average Bonchev–Trinajstić information content (AvgIpc) is 3.15. The van der Waals surface area contributed by atoms with Crippen molar-refractivity contribution >= 4 is 33.0 Å². The minimum absolute atomic E-state index is 0.0917. The van der Waals surface area contributed by atoms with Gasteiger partial charge in [0.2, 0.25) is 0 Å². The molecule has 5 nitrogen and oxygen atoms in total. The monoisotopic (exact) mass is 421 g/mol. The molecule has 1 heterocycles. The molecule has 134 valence electrons. The zero-order valence-electron chi connectivity index (χ0n) is 14.3. The van der Waals surface area contributed by atoms with Crippen molar-refractivity contribution in [3.05, 3.63) is 105 Å². The molecule has 0 N–H and O–H groups in total. The second-order valence-electron chi connectivity index (χ2n) is 6.31. The van der Waals surface area contributed by atoms with Crippen LogP contribution in [-0.2, 0) is 0 Å². The van der Waals surface area contributed by atoms with Gasteiger partial charge in [0.15, 0.2) is 0 Å². The van der Waals surface area contributed by atoms with Crippen LogP contribution in [0.2, 0.25) is 0 Å². The van der Waals surface area contributed by atoms with Crippen molar-refractivity contribution < 1.29 is 4.92 Å². The lowest BCUT2D eigenvalue weighted by Crippen LogP contribution is -2.18. The molecule has 1 unspecified atom stereocenters. The zero-order chi connectivity index (χ0) is 18.8. The normalized spacial score (nSPS) is 16.3. The van der Waals surface area contributed by atoms with Crippen molar-refractivity contribution in [1.82, 2.24) is 0 Å². The van der Waals surface area contributed by atoms with Crippen LogP contribution in [0.1, 0.15) is 23.6 Å². The Morgan fingerprint density at radius 1 is 1.00 bits per heavy atom. The number of non-ortho nitro benzene ring substituents is 1. The second kappa shape index (κ2) is 7.32. The molecule has 3 aromatic rings. The number of hydrogen-bond donors (Lipinski definition) is 0. The number of anilines is 1. The van der Waals surface area contributed by atoms with E-state index in [1.54, 1.807) is 12.1 Å². The number of nitrogens with zero attached hydrogens (tertiary/aromatic N) is 3. The lowest BCUT2D eigenvalue weighted by atomic mass is 9.98. The number of nitro groups is 1. The molecule has 0 amide bonds. The Kier molecular flexibility index (Phi) is 4.73. The summed E-state index contributed by atoms with van der Waals surface area (Å²) in [6, 6.07) is 24.6. The molecule has 0 radical (unpaired) electrons. The largest absolute Gasteiger partial charge is 0.269 e. The number of rotatable bonds is 4. The van der Waals surface area contributed by atoms with Gasteiger partial charge in [0.05, 0.1) is 22.4 Å². The van der Waals surface area contributed by atoms with E-state index in [1.807, 2.05) is 65.7 Å². The maximum absolute atomic E-state index is 11.2. The maximum atomic E-state index is 11.2. The lowest BCUT2D eigenvalue weighted by molar-refractivity contribution is -0.384. The summed E-state index contributed by atoms with van der Waals surface area (Å²) in [4.78, 5) is 10.8. The average molecular weight is 422 g/mol. The van der Waals surface area contributed by atoms with E-state index in [9.17, 15) is 10.1 Å². The van der Waals surface area contributed by atoms with Gasteiger partial charge in [0.1, 0.15) is 0 Å². The summed E-state index contributed by atoms with van der Waals surface area (Å²) in [5.74, 6) is 0. The Balaban J connectivity index is 1.75. The van der Waals surface area contributed by atoms with Crippen LogP contribution in [0.3, 0.4) is 0 Å². The summed E-state index contributed by atoms with van der Waals surface area (Å²) >= 11 is 3.46. The van der Waals surface area contributed by atoms with E-state index in [-0.39, 0.29) is 16.7 Å². The van der Waals surface area contributed by atoms with E-state index in [0.29, 0.717) is 6.42 Å². The highest BCUT2D eigenvalue weighted by molar-refractivity contribution is 9.10. The Morgan fingerprint density at radius 2 is 1.74 bits per heavy atom. The fourth-order valence-corrected chi connectivity index (χ4v) is 3.52. The van der Waals surface area contributed by atoms with Gasteiger partial charge in [-0.2, -0.15) is 5.10 Å².